The van der Waals surface area contributed by atoms with Crippen molar-refractivity contribution >= 4 is 45.9 Å². The molecule has 0 spiro atoms. The molecule has 0 atom stereocenters. The van der Waals surface area contributed by atoms with Crippen molar-refractivity contribution in [2.24, 2.45) is 4.99 Å². The van der Waals surface area contributed by atoms with E-state index in [0.717, 1.165) is 16.0 Å². The van der Waals surface area contributed by atoms with Gasteiger partial charge in [-0.3, -0.25) is 0 Å². The van der Waals surface area contributed by atoms with Gasteiger partial charge in [0.05, 0.1) is 6.54 Å². The van der Waals surface area contributed by atoms with Crippen LogP contribution in [0.2, 0.25) is 0 Å². The van der Waals surface area contributed by atoms with E-state index in [4.69, 9.17) is 0 Å². The van der Waals surface area contributed by atoms with Crippen molar-refractivity contribution in [3.05, 3.63) is 34.1 Å². The van der Waals surface area contributed by atoms with E-state index in [1.54, 1.807) is 0 Å². The first-order chi connectivity index (χ1) is 7.90. The molecule has 0 aromatic heterocycles. The van der Waals surface area contributed by atoms with Crippen LogP contribution in [0.5, 0.6) is 0 Å². The summed E-state index contributed by atoms with van der Waals surface area (Å²) in [5, 5.41) is 0. The highest BCUT2D eigenvalue weighted by Gasteiger charge is 2.04. The second-order valence-electron chi connectivity index (χ2n) is 4.18. The molecule has 0 aliphatic rings. The Hall–Kier alpha value is -0.370. The molecular formula is C12H18BrFIN3. The van der Waals surface area contributed by atoms with Crippen molar-refractivity contribution in [1.29, 1.82) is 0 Å². The van der Waals surface area contributed by atoms with E-state index >= 15 is 0 Å². The highest BCUT2D eigenvalue weighted by Crippen LogP contribution is 2.15. The average Bonchev–Trinajstić information content (AvgIpc) is 2.14. The van der Waals surface area contributed by atoms with Gasteiger partial charge in [0.25, 0.3) is 0 Å². The van der Waals surface area contributed by atoms with Crippen LogP contribution in [0.1, 0.15) is 5.56 Å². The largest absolute Gasteiger partial charge is 0.349 e. The maximum atomic E-state index is 13.2. The number of hydrogen-bond donors (Lipinski definition) is 0. The summed E-state index contributed by atoms with van der Waals surface area (Å²) in [6.07, 6.45) is 0. The summed E-state index contributed by atoms with van der Waals surface area (Å²) in [7, 11) is 7.72. The van der Waals surface area contributed by atoms with Crippen molar-refractivity contribution < 1.29 is 4.39 Å². The van der Waals surface area contributed by atoms with Gasteiger partial charge in [0.2, 0.25) is 0 Å². The molecule has 0 saturated carbocycles. The average molecular weight is 430 g/mol. The molecule has 18 heavy (non-hydrogen) atoms. The molecule has 102 valence electrons. The van der Waals surface area contributed by atoms with Gasteiger partial charge in [-0.05, 0) is 23.8 Å². The van der Waals surface area contributed by atoms with E-state index in [1.807, 2.05) is 44.1 Å². The third-order valence-corrected chi connectivity index (χ3v) is 2.58. The quantitative estimate of drug-likeness (QED) is 0.408. The lowest BCUT2D eigenvalue weighted by Gasteiger charge is -2.22. The van der Waals surface area contributed by atoms with Crippen molar-refractivity contribution in [3.63, 3.8) is 0 Å². The summed E-state index contributed by atoms with van der Waals surface area (Å²) in [5.74, 6) is 0.603. The number of hydrogen-bond acceptors (Lipinski definition) is 1. The van der Waals surface area contributed by atoms with Crippen LogP contribution in [0.3, 0.4) is 0 Å². The molecule has 0 fully saturated rings. The van der Waals surface area contributed by atoms with E-state index < -0.39 is 0 Å². The fraction of sp³-hybridized carbons (Fsp3) is 0.417. The highest BCUT2D eigenvalue weighted by molar-refractivity contribution is 14.0. The number of halogens is 3. The van der Waals surface area contributed by atoms with E-state index in [1.165, 1.54) is 12.1 Å². The van der Waals surface area contributed by atoms with Crippen LogP contribution in [0.25, 0.3) is 0 Å². The van der Waals surface area contributed by atoms with Crippen LogP contribution in [0.4, 0.5) is 4.39 Å². The van der Waals surface area contributed by atoms with Gasteiger partial charge >= 0.3 is 0 Å². The Morgan fingerprint density at radius 3 is 2.17 bits per heavy atom. The maximum Gasteiger partial charge on any atom is 0.195 e. The van der Waals surface area contributed by atoms with Crippen molar-refractivity contribution in [1.82, 2.24) is 9.80 Å². The highest BCUT2D eigenvalue weighted by atomic mass is 127. The van der Waals surface area contributed by atoms with Gasteiger partial charge in [-0.25, -0.2) is 9.38 Å². The minimum Gasteiger partial charge on any atom is -0.349 e. The molecule has 1 aromatic rings. The SMILES string of the molecule is CN(C)C(=NCc1cc(F)cc(Br)c1)N(C)C.I. The maximum absolute atomic E-state index is 13.2. The Morgan fingerprint density at radius 1 is 1.17 bits per heavy atom. The van der Waals surface area contributed by atoms with Crippen LogP contribution in [0.15, 0.2) is 27.7 Å². The van der Waals surface area contributed by atoms with Crippen LogP contribution < -0.4 is 0 Å². The lowest BCUT2D eigenvalue weighted by Crippen LogP contribution is -2.35. The Balaban J connectivity index is 0.00000289. The molecule has 6 heteroatoms. The Bertz CT molecular complexity index is 392. The molecule has 3 nitrogen and oxygen atoms in total. The fourth-order valence-corrected chi connectivity index (χ4v) is 2.06. The van der Waals surface area contributed by atoms with Gasteiger partial charge in [0.1, 0.15) is 5.82 Å². The molecular weight excluding hydrogens is 412 g/mol. The zero-order chi connectivity index (χ0) is 13.0. The van der Waals surface area contributed by atoms with E-state index in [-0.39, 0.29) is 29.8 Å². The summed E-state index contributed by atoms with van der Waals surface area (Å²) in [4.78, 5) is 8.31. The zero-order valence-corrected chi connectivity index (χ0v) is 14.9. The monoisotopic (exact) mass is 429 g/mol. The third kappa shape index (κ3) is 5.51. The zero-order valence-electron chi connectivity index (χ0n) is 10.9. The summed E-state index contributed by atoms with van der Waals surface area (Å²) >= 11 is 3.27. The first-order valence-corrected chi connectivity index (χ1v) is 6.03. The lowest BCUT2D eigenvalue weighted by atomic mass is 10.2. The fourth-order valence-electron chi connectivity index (χ4n) is 1.55. The second-order valence-corrected chi connectivity index (χ2v) is 5.10. The van der Waals surface area contributed by atoms with Crippen LogP contribution in [-0.4, -0.2) is 44.0 Å². The number of nitrogens with zero attached hydrogens (tertiary/aromatic N) is 3. The van der Waals surface area contributed by atoms with Gasteiger partial charge in [0.15, 0.2) is 5.96 Å². The van der Waals surface area contributed by atoms with Gasteiger partial charge in [-0.1, -0.05) is 15.9 Å². The van der Waals surface area contributed by atoms with E-state index in [2.05, 4.69) is 20.9 Å². The summed E-state index contributed by atoms with van der Waals surface area (Å²) in [6, 6.07) is 4.80. The molecule has 0 N–H and O–H groups in total. The first kappa shape index (κ1) is 17.6. The normalized spacial score (nSPS) is 9.44. The Labute approximate surface area is 133 Å². The predicted octanol–water partition coefficient (Wildman–Crippen LogP) is 3.19. The molecule has 0 aliphatic carbocycles. The molecule has 0 amide bonds. The first-order valence-electron chi connectivity index (χ1n) is 5.24. The van der Waals surface area contributed by atoms with E-state index in [0.29, 0.717) is 6.54 Å². The minimum absolute atomic E-state index is 0. The Kier molecular flexibility index (Phi) is 7.77. The van der Waals surface area contributed by atoms with Gasteiger partial charge < -0.3 is 9.80 Å². The molecule has 0 unspecified atom stereocenters. The van der Waals surface area contributed by atoms with Gasteiger partial charge in [0, 0.05) is 32.7 Å². The molecule has 0 aliphatic heterocycles. The third-order valence-electron chi connectivity index (χ3n) is 2.13. The smallest absolute Gasteiger partial charge is 0.195 e. The molecule has 0 radical (unpaired) electrons. The number of benzene rings is 1. The lowest BCUT2D eigenvalue weighted by molar-refractivity contribution is 0.479. The summed E-state index contributed by atoms with van der Waals surface area (Å²) < 4.78 is 13.9. The molecule has 0 heterocycles. The predicted molar refractivity (Wildman–Crippen MR) is 88.0 cm³/mol. The summed E-state index contributed by atoms with van der Waals surface area (Å²) in [6.45, 7) is 0.460. The number of guanidine groups is 1. The van der Waals surface area contributed by atoms with Crippen molar-refractivity contribution in [3.8, 4) is 0 Å². The number of rotatable bonds is 2. The van der Waals surface area contributed by atoms with Gasteiger partial charge in [-0.15, -0.1) is 24.0 Å². The molecule has 1 rings (SSSR count). The molecule has 0 bridgehead atoms. The van der Waals surface area contributed by atoms with Crippen molar-refractivity contribution in [2.75, 3.05) is 28.2 Å². The van der Waals surface area contributed by atoms with E-state index in [9.17, 15) is 4.39 Å². The topological polar surface area (TPSA) is 18.8 Å². The summed E-state index contributed by atoms with van der Waals surface area (Å²) in [5.41, 5.74) is 0.845. The molecule has 1 aromatic carbocycles. The van der Waals surface area contributed by atoms with Crippen LogP contribution in [-0.2, 0) is 6.54 Å². The van der Waals surface area contributed by atoms with Gasteiger partial charge in [-0.2, -0.15) is 0 Å². The second kappa shape index (κ2) is 7.93. The Morgan fingerprint density at radius 2 is 1.72 bits per heavy atom. The van der Waals surface area contributed by atoms with Crippen molar-refractivity contribution in [2.45, 2.75) is 6.54 Å². The minimum atomic E-state index is -0.249. The van der Waals surface area contributed by atoms with Crippen LogP contribution in [0, 0.1) is 5.82 Å². The standard InChI is InChI=1S/C12H17BrFN3.HI/c1-16(2)12(17(3)4)15-8-9-5-10(13)7-11(14)6-9;/h5-7H,8H2,1-4H3;1H. The van der Waals surface area contributed by atoms with Crippen LogP contribution >= 0.6 is 39.9 Å². The number of aliphatic imine (C=N–C) groups is 1. The molecule has 0 saturated heterocycles.